The fourth-order valence-electron chi connectivity index (χ4n) is 2.67. The van der Waals surface area contributed by atoms with Crippen molar-refractivity contribution < 1.29 is 9.47 Å². The summed E-state index contributed by atoms with van der Waals surface area (Å²) in [5, 5.41) is 0.750. The third-order valence-corrected chi connectivity index (χ3v) is 3.98. The Morgan fingerprint density at radius 2 is 2.00 bits per heavy atom. The number of ether oxygens (including phenoxy) is 2. The van der Waals surface area contributed by atoms with E-state index in [0.717, 1.165) is 17.1 Å². The van der Waals surface area contributed by atoms with Gasteiger partial charge in [-0.1, -0.05) is 17.7 Å². The van der Waals surface area contributed by atoms with Crippen LogP contribution in [-0.2, 0) is 9.47 Å². The summed E-state index contributed by atoms with van der Waals surface area (Å²) in [6.45, 7) is 6.89. The molecule has 0 spiro atoms. The predicted octanol–water partition coefficient (Wildman–Crippen LogP) is 2.63. The smallest absolute Gasteiger partial charge is 0.0615 e. The number of nitrogens with two attached hydrogens (primary N) is 1. The maximum atomic E-state index is 6.06. The molecule has 5 heteroatoms. The van der Waals surface area contributed by atoms with E-state index in [4.69, 9.17) is 26.8 Å². The Kier molecular flexibility index (Phi) is 8.22. The minimum atomic E-state index is 0.127. The van der Waals surface area contributed by atoms with Crippen LogP contribution >= 0.6 is 11.6 Å². The van der Waals surface area contributed by atoms with Gasteiger partial charge in [0.2, 0.25) is 0 Å². The van der Waals surface area contributed by atoms with Crippen molar-refractivity contribution in [1.82, 2.24) is 4.90 Å². The third kappa shape index (κ3) is 5.24. The van der Waals surface area contributed by atoms with Crippen LogP contribution in [0.3, 0.4) is 0 Å². The van der Waals surface area contributed by atoms with Crippen LogP contribution < -0.4 is 5.73 Å². The van der Waals surface area contributed by atoms with Gasteiger partial charge in [0.15, 0.2) is 0 Å². The van der Waals surface area contributed by atoms with E-state index in [-0.39, 0.29) is 12.1 Å². The Balaban J connectivity index is 3.04. The molecule has 1 rings (SSSR count). The van der Waals surface area contributed by atoms with Crippen LogP contribution in [-0.4, -0.2) is 51.5 Å². The normalized spacial score (nSPS) is 14.4. The Hall–Kier alpha value is -0.650. The molecule has 0 aromatic heterocycles. The quantitative estimate of drug-likeness (QED) is 0.761. The topological polar surface area (TPSA) is 47.7 Å². The van der Waals surface area contributed by atoms with Crippen LogP contribution in [0.4, 0.5) is 0 Å². The van der Waals surface area contributed by atoms with Crippen LogP contribution in [0.2, 0.25) is 5.02 Å². The lowest BCUT2D eigenvalue weighted by Crippen LogP contribution is -2.44. The van der Waals surface area contributed by atoms with Gasteiger partial charge >= 0.3 is 0 Å². The highest BCUT2D eigenvalue weighted by atomic mass is 35.5. The van der Waals surface area contributed by atoms with E-state index in [2.05, 4.69) is 24.8 Å². The van der Waals surface area contributed by atoms with Gasteiger partial charge in [-0.2, -0.15) is 0 Å². The fraction of sp³-hybridized carbons (Fsp3) is 0.625. The van der Waals surface area contributed by atoms with Crippen molar-refractivity contribution in [2.45, 2.75) is 25.9 Å². The molecule has 2 atom stereocenters. The number of aryl methyl sites for hydroxylation is 1. The lowest BCUT2D eigenvalue weighted by Gasteiger charge is -2.36. The fourth-order valence-corrected chi connectivity index (χ4v) is 2.90. The molecule has 0 aliphatic heterocycles. The van der Waals surface area contributed by atoms with E-state index >= 15 is 0 Å². The van der Waals surface area contributed by atoms with Crippen LogP contribution in [0.1, 0.15) is 24.1 Å². The van der Waals surface area contributed by atoms with Crippen molar-refractivity contribution in [3.8, 4) is 0 Å². The molecule has 4 nitrogen and oxygen atoms in total. The van der Waals surface area contributed by atoms with Gasteiger partial charge in [-0.05, 0) is 37.1 Å². The number of rotatable bonds is 9. The summed E-state index contributed by atoms with van der Waals surface area (Å²) in [5.41, 5.74) is 8.43. The van der Waals surface area contributed by atoms with E-state index in [1.165, 1.54) is 5.56 Å². The summed E-state index contributed by atoms with van der Waals surface area (Å²) in [6.07, 6.45) is 0. The summed E-state index contributed by atoms with van der Waals surface area (Å²) in [7, 11) is 3.43. The van der Waals surface area contributed by atoms with Crippen molar-refractivity contribution in [2.24, 2.45) is 5.73 Å². The van der Waals surface area contributed by atoms with Gasteiger partial charge in [0.25, 0.3) is 0 Å². The number of hydrogen-bond acceptors (Lipinski definition) is 4. The predicted molar refractivity (Wildman–Crippen MR) is 87.9 cm³/mol. The summed E-state index contributed by atoms with van der Waals surface area (Å²) in [6, 6.07) is 6.35. The molecule has 0 amide bonds. The molecule has 0 heterocycles. The van der Waals surface area contributed by atoms with Gasteiger partial charge in [-0.25, -0.2) is 0 Å². The molecule has 0 fully saturated rings. The van der Waals surface area contributed by atoms with E-state index < -0.39 is 0 Å². The zero-order chi connectivity index (χ0) is 15.8. The van der Waals surface area contributed by atoms with Crippen molar-refractivity contribution in [2.75, 3.05) is 40.5 Å². The molecule has 21 heavy (non-hydrogen) atoms. The highest BCUT2D eigenvalue weighted by Gasteiger charge is 2.25. The van der Waals surface area contributed by atoms with E-state index in [9.17, 15) is 0 Å². The van der Waals surface area contributed by atoms with Crippen LogP contribution in [0.5, 0.6) is 0 Å². The Morgan fingerprint density at radius 3 is 2.52 bits per heavy atom. The standard InChI is InChI=1S/C16H27ClN2O2/c1-12-9-14(17)5-6-15(12)16(10-18)19(7-8-20-3)13(2)11-21-4/h5-6,9,13,16H,7-8,10-11,18H2,1-4H3. The SMILES string of the molecule is COCCN(C(C)COC)C(CN)c1ccc(Cl)cc1C. The molecule has 0 saturated carbocycles. The minimum Gasteiger partial charge on any atom is -0.383 e. The highest BCUT2D eigenvalue weighted by molar-refractivity contribution is 6.30. The van der Waals surface area contributed by atoms with Crippen molar-refractivity contribution in [1.29, 1.82) is 0 Å². The second kappa shape index (κ2) is 9.38. The zero-order valence-electron chi connectivity index (χ0n) is 13.4. The van der Waals surface area contributed by atoms with Gasteiger partial charge in [0.05, 0.1) is 13.2 Å². The van der Waals surface area contributed by atoms with E-state index in [1.807, 2.05) is 12.1 Å². The first-order valence-electron chi connectivity index (χ1n) is 7.24. The molecule has 1 aromatic rings. The highest BCUT2D eigenvalue weighted by Crippen LogP contribution is 2.27. The first-order valence-corrected chi connectivity index (χ1v) is 7.62. The van der Waals surface area contributed by atoms with Gasteiger partial charge in [0, 0.05) is 44.4 Å². The van der Waals surface area contributed by atoms with Crippen molar-refractivity contribution >= 4 is 11.6 Å². The molecule has 2 unspecified atom stereocenters. The lowest BCUT2D eigenvalue weighted by molar-refractivity contribution is 0.0485. The minimum absolute atomic E-state index is 0.127. The molecule has 2 N–H and O–H groups in total. The first-order chi connectivity index (χ1) is 10.0. The van der Waals surface area contributed by atoms with Crippen LogP contribution in [0.25, 0.3) is 0 Å². The van der Waals surface area contributed by atoms with Gasteiger partial charge in [-0.3, -0.25) is 4.90 Å². The molecule has 0 aliphatic rings. The summed E-state index contributed by atoms with van der Waals surface area (Å²) >= 11 is 6.06. The number of halogens is 1. The average molecular weight is 315 g/mol. The number of methoxy groups -OCH3 is 2. The molecular formula is C16H27ClN2O2. The molecule has 1 aromatic carbocycles. The maximum Gasteiger partial charge on any atom is 0.0615 e. The van der Waals surface area contributed by atoms with Gasteiger partial charge in [0.1, 0.15) is 0 Å². The summed E-state index contributed by atoms with van der Waals surface area (Å²) in [5.74, 6) is 0. The monoisotopic (exact) mass is 314 g/mol. The van der Waals surface area contributed by atoms with Gasteiger partial charge in [-0.15, -0.1) is 0 Å². The zero-order valence-corrected chi connectivity index (χ0v) is 14.2. The molecule has 0 radical (unpaired) electrons. The molecule has 0 aliphatic carbocycles. The summed E-state index contributed by atoms with van der Waals surface area (Å²) in [4.78, 5) is 2.34. The summed E-state index contributed by atoms with van der Waals surface area (Å²) < 4.78 is 10.5. The maximum absolute atomic E-state index is 6.06. The van der Waals surface area contributed by atoms with Crippen molar-refractivity contribution in [3.05, 3.63) is 34.3 Å². The van der Waals surface area contributed by atoms with E-state index in [0.29, 0.717) is 19.8 Å². The lowest BCUT2D eigenvalue weighted by atomic mass is 9.98. The molecule has 0 saturated heterocycles. The number of benzene rings is 1. The van der Waals surface area contributed by atoms with Crippen LogP contribution in [0.15, 0.2) is 18.2 Å². The van der Waals surface area contributed by atoms with E-state index in [1.54, 1.807) is 14.2 Å². The van der Waals surface area contributed by atoms with Crippen LogP contribution in [0, 0.1) is 6.92 Å². The Bertz CT molecular complexity index is 429. The largest absolute Gasteiger partial charge is 0.383 e. The second-order valence-corrected chi connectivity index (χ2v) is 5.72. The van der Waals surface area contributed by atoms with Crippen molar-refractivity contribution in [3.63, 3.8) is 0 Å². The molecule has 120 valence electrons. The molecular weight excluding hydrogens is 288 g/mol. The number of nitrogens with zero attached hydrogens (tertiary/aromatic N) is 1. The van der Waals surface area contributed by atoms with Gasteiger partial charge < -0.3 is 15.2 Å². The number of hydrogen-bond donors (Lipinski definition) is 1. The molecule has 0 bridgehead atoms. The Morgan fingerprint density at radius 1 is 1.29 bits per heavy atom. The first kappa shape index (κ1) is 18.4. The average Bonchev–Trinajstić information content (AvgIpc) is 2.45. The second-order valence-electron chi connectivity index (χ2n) is 5.29. The third-order valence-electron chi connectivity index (χ3n) is 3.74. The Labute approximate surface area is 133 Å².